The number of aromatic nitrogens is 1. The van der Waals surface area contributed by atoms with Crippen LogP contribution in [-0.4, -0.2) is 31.3 Å². The molecule has 0 aliphatic heterocycles. The minimum atomic E-state index is -3.10. The van der Waals surface area contributed by atoms with Crippen molar-refractivity contribution in [1.82, 2.24) is 10.3 Å². The van der Waals surface area contributed by atoms with Crippen LogP contribution >= 0.6 is 0 Å². The van der Waals surface area contributed by atoms with Gasteiger partial charge in [-0.15, -0.1) is 0 Å². The van der Waals surface area contributed by atoms with Crippen molar-refractivity contribution < 1.29 is 13.2 Å². The minimum absolute atomic E-state index is 0.0188. The summed E-state index contributed by atoms with van der Waals surface area (Å²) in [4.78, 5) is 15.8. The molecule has 0 bridgehead atoms. The smallest absolute Gasteiger partial charge is 0.221 e. The summed E-state index contributed by atoms with van der Waals surface area (Å²) >= 11 is 0. The van der Waals surface area contributed by atoms with E-state index in [2.05, 4.69) is 10.3 Å². The fourth-order valence-electron chi connectivity index (χ4n) is 1.61. The highest BCUT2D eigenvalue weighted by atomic mass is 32.2. The van der Waals surface area contributed by atoms with E-state index in [1.807, 2.05) is 26.0 Å². The van der Waals surface area contributed by atoms with Gasteiger partial charge in [-0.3, -0.25) is 9.78 Å². The molecule has 0 saturated carbocycles. The molecular formula is C12H18N2O3S. The van der Waals surface area contributed by atoms with E-state index in [4.69, 9.17) is 0 Å². The number of rotatable bonds is 5. The number of nitrogens with zero attached hydrogens (tertiary/aromatic N) is 1. The SMILES string of the molecule is Cc1cccnc1C(C)NC(=O)CCS(C)(=O)=O. The molecule has 0 aliphatic rings. The topological polar surface area (TPSA) is 76.1 Å². The summed E-state index contributed by atoms with van der Waals surface area (Å²) in [6.07, 6.45) is 2.77. The summed E-state index contributed by atoms with van der Waals surface area (Å²) in [5, 5.41) is 2.74. The summed E-state index contributed by atoms with van der Waals surface area (Å²) in [5.41, 5.74) is 1.79. The maximum Gasteiger partial charge on any atom is 0.221 e. The van der Waals surface area contributed by atoms with Gasteiger partial charge in [-0.25, -0.2) is 8.42 Å². The van der Waals surface area contributed by atoms with E-state index in [1.165, 1.54) is 0 Å². The third-order valence-corrected chi connectivity index (χ3v) is 3.48. The number of hydrogen-bond acceptors (Lipinski definition) is 4. The summed E-state index contributed by atoms with van der Waals surface area (Å²) in [6, 6.07) is 3.52. The number of amides is 1. The molecule has 0 aliphatic carbocycles. The normalized spacial score (nSPS) is 13.1. The lowest BCUT2D eigenvalue weighted by Crippen LogP contribution is -2.29. The van der Waals surface area contributed by atoms with Crippen LogP contribution in [0.3, 0.4) is 0 Å². The second-order valence-corrected chi connectivity index (χ2v) is 6.63. The molecule has 18 heavy (non-hydrogen) atoms. The maximum absolute atomic E-state index is 11.6. The van der Waals surface area contributed by atoms with Gasteiger partial charge in [-0.05, 0) is 25.5 Å². The van der Waals surface area contributed by atoms with Crippen LogP contribution in [0.25, 0.3) is 0 Å². The third kappa shape index (κ3) is 4.83. The van der Waals surface area contributed by atoms with Gasteiger partial charge in [0.15, 0.2) is 0 Å². The first-order chi connectivity index (χ1) is 8.29. The van der Waals surface area contributed by atoms with Crippen molar-refractivity contribution in [2.45, 2.75) is 26.3 Å². The number of carbonyl (C=O) groups excluding carboxylic acids is 1. The molecular weight excluding hydrogens is 252 g/mol. The fraction of sp³-hybridized carbons (Fsp3) is 0.500. The Morgan fingerprint density at radius 3 is 2.72 bits per heavy atom. The van der Waals surface area contributed by atoms with Gasteiger partial charge in [0, 0.05) is 18.9 Å². The minimum Gasteiger partial charge on any atom is -0.348 e. The average molecular weight is 270 g/mol. The van der Waals surface area contributed by atoms with Crippen molar-refractivity contribution in [3.05, 3.63) is 29.6 Å². The molecule has 0 spiro atoms. The van der Waals surface area contributed by atoms with Crippen LogP contribution in [0.5, 0.6) is 0 Å². The highest BCUT2D eigenvalue weighted by molar-refractivity contribution is 7.90. The summed E-state index contributed by atoms with van der Waals surface area (Å²) in [6.45, 7) is 3.75. The Morgan fingerprint density at radius 1 is 1.50 bits per heavy atom. The monoisotopic (exact) mass is 270 g/mol. The van der Waals surface area contributed by atoms with Gasteiger partial charge in [0.1, 0.15) is 9.84 Å². The van der Waals surface area contributed by atoms with Crippen molar-refractivity contribution in [1.29, 1.82) is 0 Å². The molecule has 5 nitrogen and oxygen atoms in total. The predicted molar refractivity (Wildman–Crippen MR) is 69.9 cm³/mol. The molecule has 1 heterocycles. The molecule has 1 aromatic heterocycles. The van der Waals surface area contributed by atoms with Crippen molar-refractivity contribution in [3.63, 3.8) is 0 Å². The zero-order valence-electron chi connectivity index (χ0n) is 10.8. The highest BCUT2D eigenvalue weighted by Gasteiger charge is 2.14. The van der Waals surface area contributed by atoms with E-state index in [1.54, 1.807) is 6.20 Å². The zero-order valence-corrected chi connectivity index (χ0v) is 11.6. The number of carbonyl (C=O) groups is 1. The lowest BCUT2D eigenvalue weighted by molar-refractivity contribution is -0.121. The van der Waals surface area contributed by atoms with Crippen LogP contribution in [0.4, 0.5) is 0 Å². The van der Waals surface area contributed by atoms with Crippen LogP contribution in [0.2, 0.25) is 0 Å². The molecule has 0 aromatic carbocycles. The van der Waals surface area contributed by atoms with E-state index >= 15 is 0 Å². The lowest BCUT2D eigenvalue weighted by atomic mass is 10.1. The summed E-state index contributed by atoms with van der Waals surface area (Å²) in [5.74, 6) is -0.412. The Balaban J connectivity index is 2.58. The van der Waals surface area contributed by atoms with Crippen LogP contribution in [0.15, 0.2) is 18.3 Å². The number of pyridine rings is 1. The molecule has 0 saturated heterocycles. The van der Waals surface area contributed by atoms with Gasteiger partial charge in [0.05, 0.1) is 17.5 Å². The first-order valence-corrected chi connectivity index (χ1v) is 7.74. The van der Waals surface area contributed by atoms with Gasteiger partial charge >= 0.3 is 0 Å². The molecule has 1 N–H and O–H groups in total. The summed E-state index contributed by atoms with van der Waals surface area (Å²) < 4.78 is 21.9. The second-order valence-electron chi connectivity index (χ2n) is 4.37. The molecule has 6 heteroatoms. The van der Waals surface area contributed by atoms with Gasteiger partial charge in [-0.2, -0.15) is 0 Å². The van der Waals surface area contributed by atoms with Crippen LogP contribution in [0.1, 0.15) is 30.6 Å². The Bertz CT molecular complexity index is 526. The highest BCUT2D eigenvalue weighted by Crippen LogP contribution is 2.13. The van der Waals surface area contributed by atoms with Crippen molar-refractivity contribution >= 4 is 15.7 Å². The Morgan fingerprint density at radius 2 is 2.17 bits per heavy atom. The predicted octanol–water partition coefficient (Wildman–Crippen LogP) is 1.00. The zero-order chi connectivity index (χ0) is 13.8. The fourth-order valence-corrected chi connectivity index (χ4v) is 2.17. The van der Waals surface area contributed by atoms with Crippen LogP contribution in [0, 0.1) is 6.92 Å². The van der Waals surface area contributed by atoms with Gasteiger partial charge < -0.3 is 5.32 Å². The first-order valence-electron chi connectivity index (χ1n) is 5.68. The summed E-state index contributed by atoms with van der Waals surface area (Å²) in [7, 11) is -3.10. The number of sulfone groups is 1. The molecule has 1 rings (SSSR count). The van der Waals surface area contributed by atoms with Crippen LogP contribution < -0.4 is 5.32 Å². The van der Waals surface area contributed by atoms with Crippen LogP contribution in [-0.2, 0) is 14.6 Å². The van der Waals surface area contributed by atoms with E-state index in [-0.39, 0.29) is 24.1 Å². The quantitative estimate of drug-likeness (QED) is 0.866. The standard InChI is InChI=1S/C12H18N2O3S/c1-9-5-4-7-13-12(9)10(2)14-11(15)6-8-18(3,16)17/h4-5,7,10H,6,8H2,1-3H3,(H,14,15). The average Bonchev–Trinajstić information content (AvgIpc) is 2.26. The molecule has 100 valence electrons. The second kappa shape index (κ2) is 5.95. The first kappa shape index (κ1) is 14.6. The Hall–Kier alpha value is -1.43. The van der Waals surface area contributed by atoms with Gasteiger partial charge in [-0.1, -0.05) is 6.07 Å². The molecule has 1 amide bonds. The van der Waals surface area contributed by atoms with E-state index < -0.39 is 9.84 Å². The van der Waals surface area contributed by atoms with Gasteiger partial charge in [0.25, 0.3) is 0 Å². The maximum atomic E-state index is 11.6. The Kier molecular flexibility index (Phi) is 4.84. The van der Waals surface area contributed by atoms with Crippen molar-refractivity contribution in [2.24, 2.45) is 0 Å². The van der Waals surface area contributed by atoms with Crippen molar-refractivity contribution in [2.75, 3.05) is 12.0 Å². The van der Waals surface area contributed by atoms with Crippen molar-refractivity contribution in [3.8, 4) is 0 Å². The molecule has 1 atom stereocenters. The molecule has 0 radical (unpaired) electrons. The molecule has 0 fully saturated rings. The van der Waals surface area contributed by atoms with E-state index in [0.717, 1.165) is 17.5 Å². The third-order valence-electron chi connectivity index (χ3n) is 2.54. The van der Waals surface area contributed by atoms with E-state index in [9.17, 15) is 13.2 Å². The number of hydrogen-bond donors (Lipinski definition) is 1. The lowest BCUT2D eigenvalue weighted by Gasteiger charge is -2.15. The Labute approximate surface area is 108 Å². The number of aryl methyl sites for hydroxylation is 1. The molecule has 1 unspecified atom stereocenters. The number of nitrogens with one attached hydrogen (secondary N) is 1. The largest absolute Gasteiger partial charge is 0.348 e. The molecule has 1 aromatic rings. The van der Waals surface area contributed by atoms with E-state index in [0.29, 0.717) is 0 Å². The van der Waals surface area contributed by atoms with Gasteiger partial charge in [0.2, 0.25) is 5.91 Å².